The molecule has 1 aromatic carbocycles. The lowest BCUT2D eigenvalue weighted by Gasteiger charge is -2.22. The molecule has 1 aliphatic heterocycles. The van der Waals surface area contributed by atoms with Gasteiger partial charge in [0.15, 0.2) is 5.82 Å². The van der Waals surface area contributed by atoms with Gasteiger partial charge in [0.25, 0.3) is 0 Å². The van der Waals surface area contributed by atoms with Crippen LogP contribution in [0.3, 0.4) is 0 Å². The van der Waals surface area contributed by atoms with Crippen molar-refractivity contribution in [2.24, 2.45) is 0 Å². The van der Waals surface area contributed by atoms with Crippen molar-refractivity contribution in [3.8, 4) is 0 Å². The summed E-state index contributed by atoms with van der Waals surface area (Å²) in [6.45, 7) is 5.33. The van der Waals surface area contributed by atoms with Crippen LogP contribution in [0.1, 0.15) is 17.3 Å². The predicted octanol–water partition coefficient (Wildman–Crippen LogP) is 1.49. The Kier molecular flexibility index (Phi) is 2.98. The van der Waals surface area contributed by atoms with E-state index >= 15 is 0 Å². The molecule has 0 spiro atoms. The quantitative estimate of drug-likeness (QED) is 0.867. The van der Waals surface area contributed by atoms with E-state index < -0.39 is 0 Å². The first-order chi connectivity index (χ1) is 8.83. The van der Waals surface area contributed by atoms with Gasteiger partial charge in [0.05, 0.1) is 6.54 Å². The first-order valence-corrected chi connectivity index (χ1v) is 6.16. The number of rotatable bonds is 2. The molecule has 0 aliphatic carbocycles. The summed E-state index contributed by atoms with van der Waals surface area (Å²) in [5.74, 6) is 1.36. The van der Waals surface area contributed by atoms with Gasteiger partial charge in [-0.2, -0.15) is 4.98 Å². The van der Waals surface area contributed by atoms with Crippen molar-refractivity contribution >= 4 is 5.69 Å². The highest BCUT2D eigenvalue weighted by molar-refractivity contribution is 5.54. The summed E-state index contributed by atoms with van der Waals surface area (Å²) in [4.78, 5) is 6.56. The number of hydrogen-bond acceptors (Lipinski definition) is 5. The molecular weight excluding hydrogens is 228 g/mol. The molecule has 2 aromatic rings. The fraction of sp³-hybridized carbons (Fsp3) is 0.385. The number of fused-ring (bicyclic) bond motifs is 1. The number of para-hydroxylation sites is 1. The fourth-order valence-electron chi connectivity index (χ4n) is 2.27. The Labute approximate surface area is 106 Å². The minimum absolute atomic E-state index is 0.617. The highest BCUT2D eigenvalue weighted by atomic mass is 16.5. The molecule has 0 saturated carbocycles. The molecule has 0 amide bonds. The molecular formula is C13H16N4O. The van der Waals surface area contributed by atoms with Crippen molar-refractivity contribution in [2.75, 3.05) is 18.0 Å². The second kappa shape index (κ2) is 4.78. The maximum atomic E-state index is 5.02. The SMILES string of the molecule is Cc1nc(CN2CCNCc3ccccc32)no1. The third-order valence-electron chi connectivity index (χ3n) is 3.11. The average molecular weight is 244 g/mol. The topological polar surface area (TPSA) is 54.2 Å². The molecule has 0 fully saturated rings. The van der Waals surface area contributed by atoms with Crippen LogP contribution in [-0.4, -0.2) is 23.2 Å². The van der Waals surface area contributed by atoms with E-state index in [0.717, 1.165) is 25.5 Å². The number of benzene rings is 1. The summed E-state index contributed by atoms with van der Waals surface area (Å²) in [5, 5.41) is 7.38. The number of hydrogen-bond donors (Lipinski definition) is 1. The summed E-state index contributed by atoms with van der Waals surface area (Å²) >= 11 is 0. The van der Waals surface area contributed by atoms with Gasteiger partial charge in [-0.15, -0.1) is 0 Å². The van der Waals surface area contributed by atoms with Crippen molar-refractivity contribution < 1.29 is 4.52 Å². The van der Waals surface area contributed by atoms with E-state index in [9.17, 15) is 0 Å². The number of aromatic nitrogens is 2. The highest BCUT2D eigenvalue weighted by Crippen LogP contribution is 2.23. The number of nitrogens with one attached hydrogen (secondary N) is 1. The first-order valence-electron chi connectivity index (χ1n) is 6.16. The minimum atomic E-state index is 0.617. The zero-order valence-corrected chi connectivity index (χ0v) is 10.4. The van der Waals surface area contributed by atoms with E-state index in [1.165, 1.54) is 11.3 Å². The van der Waals surface area contributed by atoms with Crippen molar-refractivity contribution in [3.05, 3.63) is 41.5 Å². The number of anilines is 1. The number of nitrogens with zero attached hydrogens (tertiary/aromatic N) is 3. The predicted molar refractivity (Wildman–Crippen MR) is 68.2 cm³/mol. The first kappa shape index (κ1) is 11.2. The van der Waals surface area contributed by atoms with Crippen molar-refractivity contribution in [3.63, 3.8) is 0 Å². The van der Waals surface area contributed by atoms with Crippen LogP contribution in [0.25, 0.3) is 0 Å². The molecule has 0 saturated heterocycles. The second-order valence-electron chi connectivity index (χ2n) is 4.46. The van der Waals surface area contributed by atoms with Crippen LogP contribution in [-0.2, 0) is 13.1 Å². The highest BCUT2D eigenvalue weighted by Gasteiger charge is 2.16. The Bertz CT molecular complexity index is 537. The summed E-state index contributed by atoms with van der Waals surface area (Å²) < 4.78 is 5.02. The van der Waals surface area contributed by atoms with Crippen molar-refractivity contribution in [1.29, 1.82) is 0 Å². The smallest absolute Gasteiger partial charge is 0.223 e. The maximum absolute atomic E-state index is 5.02. The van der Waals surface area contributed by atoms with Crippen molar-refractivity contribution in [1.82, 2.24) is 15.5 Å². The number of aryl methyl sites for hydroxylation is 1. The Morgan fingerprint density at radius 3 is 3.11 bits per heavy atom. The standard InChI is InChI=1S/C13H16N4O/c1-10-15-13(16-18-10)9-17-7-6-14-8-11-4-2-3-5-12(11)17/h2-5,14H,6-9H2,1H3. The van der Waals surface area contributed by atoms with E-state index in [4.69, 9.17) is 4.52 Å². The average Bonchev–Trinajstić information content (AvgIpc) is 2.68. The zero-order chi connectivity index (χ0) is 12.4. The Morgan fingerprint density at radius 2 is 2.28 bits per heavy atom. The van der Waals surface area contributed by atoms with Crippen LogP contribution in [0, 0.1) is 6.92 Å². The lowest BCUT2D eigenvalue weighted by atomic mass is 10.1. The van der Waals surface area contributed by atoms with E-state index in [1.807, 2.05) is 6.92 Å². The molecule has 1 N–H and O–H groups in total. The van der Waals surface area contributed by atoms with Crippen LogP contribution < -0.4 is 10.2 Å². The Hall–Kier alpha value is -1.88. The molecule has 5 nitrogen and oxygen atoms in total. The van der Waals surface area contributed by atoms with Crippen LogP contribution in [0.2, 0.25) is 0 Å². The van der Waals surface area contributed by atoms with E-state index in [-0.39, 0.29) is 0 Å². The maximum Gasteiger partial charge on any atom is 0.223 e. The molecule has 0 radical (unpaired) electrons. The third kappa shape index (κ3) is 2.22. The van der Waals surface area contributed by atoms with Crippen molar-refractivity contribution in [2.45, 2.75) is 20.0 Å². The van der Waals surface area contributed by atoms with Gasteiger partial charge < -0.3 is 14.7 Å². The van der Waals surface area contributed by atoms with Crippen LogP contribution in [0.4, 0.5) is 5.69 Å². The van der Waals surface area contributed by atoms with E-state index in [1.54, 1.807) is 0 Å². The lowest BCUT2D eigenvalue weighted by molar-refractivity contribution is 0.387. The summed E-state index contributed by atoms with van der Waals surface area (Å²) in [7, 11) is 0. The minimum Gasteiger partial charge on any atom is -0.362 e. The zero-order valence-electron chi connectivity index (χ0n) is 10.4. The summed E-state index contributed by atoms with van der Waals surface area (Å²) in [5.41, 5.74) is 2.57. The summed E-state index contributed by atoms with van der Waals surface area (Å²) in [6, 6.07) is 8.44. The van der Waals surface area contributed by atoms with Crippen LogP contribution in [0.15, 0.2) is 28.8 Å². The molecule has 1 aliphatic rings. The van der Waals surface area contributed by atoms with Gasteiger partial charge in [-0.05, 0) is 11.6 Å². The fourth-order valence-corrected chi connectivity index (χ4v) is 2.27. The van der Waals surface area contributed by atoms with Gasteiger partial charge in [0, 0.05) is 32.2 Å². The molecule has 18 heavy (non-hydrogen) atoms. The monoisotopic (exact) mass is 244 g/mol. The van der Waals surface area contributed by atoms with E-state index in [0.29, 0.717) is 12.4 Å². The molecule has 0 bridgehead atoms. The molecule has 0 unspecified atom stereocenters. The largest absolute Gasteiger partial charge is 0.362 e. The van der Waals surface area contributed by atoms with Gasteiger partial charge in [-0.25, -0.2) is 0 Å². The molecule has 3 rings (SSSR count). The van der Waals surface area contributed by atoms with E-state index in [2.05, 4.69) is 44.6 Å². The van der Waals surface area contributed by atoms with Crippen LogP contribution >= 0.6 is 0 Å². The summed E-state index contributed by atoms with van der Waals surface area (Å²) in [6.07, 6.45) is 0. The van der Waals surface area contributed by atoms with Crippen LogP contribution in [0.5, 0.6) is 0 Å². The Balaban J connectivity index is 1.87. The van der Waals surface area contributed by atoms with Gasteiger partial charge in [-0.1, -0.05) is 23.4 Å². The van der Waals surface area contributed by atoms with Gasteiger partial charge in [0.1, 0.15) is 0 Å². The normalized spacial score (nSPS) is 15.3. The van der Waals surface area contributed by atoms with Gasteiger partial charge in [-0.3, -0.25) is 0 Å². The van der Waals surface area contributed by atoms with Gasteiger partial charge >= 0.3 is 0 Å². The lowest BCUT2D eigenvalue weighted by Crippen LogP contribution is -2.28. The third-order valence-corrected chi connectivity index (χ3v) is 3.11. The molecule has 2 heterocycles. The molecule has 1 aromatic heterocycles. The second-order valence-corrected chi connectivity index (χ2v) is 4.46. The Morgan fingerprint density at radius 1 is 1.39 bits per heavy atom. The molecule has 0 atom stereocenters. The molecule has 5 heteroatoms. The van der Waals surface area contributed by atoms with Gasteiger partial charge in [0.2, 0.25) is 5.89 Å². The molecule has 94 valence electrons.